The van der Waals surface area contributed by atoms with Crippen molar-refractivity contribution in [2.24, 2.45) is 5.73 Å². The molecule has 19 heavy (non-hydrogen) atoms. The number of nitrogens with zero attached hydrogens (tertiary/aromatic N) is 1. The van der Waals surface area contributed by atoms with E-state index < -0.39 is 6.04 Å². The van der Waals surface area contributed by atoms with E-state index in [1.165, 1.54) is 0 Å². The first-order chi connectivity index (χ1) is 8.95. The van der Waals surface area contributed by atoms with Crippen LogP contribution in [-0.2, 0) is 4.79 Å². The number of rotatable bonds is 4. The van der Waals surface area contributed by atoms with Crippen LogP contribution in [0.4, 0.5) is 0 Å². The van der Waals surface area contributed by atoms with Crippen LogP contribution in [-0.4, -0.2) is 35.0 Å². The third-order valence-corrected chi connectivity index (χ3v) is 2.72. The van der Waals surface area contributed by atoms with E-state index in [9.17, 15) is 9.59 Å². The molecular formula is C12H17N5O2. The summed E-state index contributed by atoms with van der Waals surface area (Å²) in [5.74, 6) is -0.153. The molecule has 1 aromatic heterocycles. The number of imidazole rings is 1. The number of hydrogen-bond donors (Lipinski definition) is 4. The minimum absolute atomic E-state index is 0.153. The Morgan fingerprint density at radius 1 is 1.37 bits per heavy atom. The quantitative estimate of drug-likeness (QED) is 0.575. The average Bonchev–Trinajstić information content (AvgIpc) is 2.66. The Bertz CT molecular complexity index is 643. The SMILES string of the molecule is CN(C)NC(=O)CC(N)c1ccc2[nH]c(=O)[nH]c2c1. The minimum atomic E-state index is -0.414. The van der Waals surface area contributed by atoms with Gasteiger partial charge in [0.25, 0.3) is 0 Å². The molecule has 1 heterocycles. The van der Waals surface area contributed by atoms with Crippen LogP contribution in [0.1, 0.15) is 18.0 Å². The largest absolute Gasteiger partial charge is 0.324 e. The number of aromatic amines is 2. The number of carbonyl (C=O) groups excluding carboxylic acids is 1. The van der Waals surface area contributed by atoms with Crippen molar-refractivity contribution in [2.45, 2.75) is 12.5 Å². The van der Waals surface area contributed by atoms with Gasteiger partial charge in [-0.1, -0.05) is 6.07 Å². The molecule has 102 valence electrons. The van der Waals surface area contributed by atoms with Crippen LogP contribution < -0.4 is 16.8 Å². The fourth-order valence-electron chi connectivity index (χ4n) is 1.89. The van der Waals surface area contributed by atoms with Crippen molar-refractivity contribution in [3.05, 3.63) is 34.2 Å². The normalized spacial score (nSPS) is 12.8. The lowest BCUT2D eigenvalue weighted by Crippen LogP contribution is -2.37. The zero-order chi connectivity index (χ0) is 14.0. The van der Waals surface area contributed by atoms with Crippen molar-refractivity contribution in [3.8, 4) is 0 Å². The van der Waals surface area contributed by atoms with Crippen LogP contribution >= 0.6 is 0 Å². The third-order valence-electron chi connectivity index (χ3n) is 2.72. The Morgan fingerprint density at radius 2 is 2.05 bits per heavy atom. The molecule has 0 radical (unpaired) electrons. The molecule has 2 rings (SSSR count). The number of nitrogens with two attached hydrogens (primary N) is 1. The molecule has 0 bridgehead atoms. The smallest absolute Gasteiger partial charge is 0.323 e. The van der Waals surface area contributed by atoms with Crippen molar-refractivity contribution in [3.63, 3.8) is 0 Å². The maximum atomic E-state index is 11.6. The van der Waals surface area contributed by atoms with Crippen LogP contribution in [0.25, 0.3) is 11.0 Å². The first kappa shape index (κ1) is 13.3. The van der Waals surface area contributed by atoms with E-state index in [1.807, 2.05) is 0 Å². The average molecular weight is 263 g/mol. The second kappa shape index (κ2) is 5.25. The highest BCUT2D eigenvalue weighted by atomic mass is 16.2. The lowest BCUT2D eigenvalue weighted by atomic mass is 10.0. The van der Waals surface area contributed by atoms with Gasteiger partial charge in [0.15, 0.2) is 0 Å². The van der Waals surface area contributed by atoms with Crippen LogP contribution in [0, 0.1) is 0 Å². The van der Waals surface area contributed by atoms with Gasteiger partial charge in [0.1, 0.15) is 0 Å². The number of H-pyrrole nitrogens is 2. The Morgan fingerprint density at radius 3 is 2.74 bits per heavy atom. The van der Waals surface area contributed by atoms with Gasteiger partial charge >= 0.3 is 5.69 Å². The summed E-state index contributed by atoms with van der Waals surface area (Å²) in [6.07, 6.45) is 0.179. The van der Waals surface area contributed by atoms with Gasteiger partial charge in [0.05, 0.1) is 11.0 Å². The molecule has 1 amide bonds. The van der Waals surface area contributed by atoms with E-state index in [2.05, 4.69) is 15.4 Å². The molecule has 1 aromatic carbocycles. The molecular weight excluding hydrogens is 246 g/mol. The molecule has 1 atom stereocenters. The molecule has 0 fully saturated rings. The Hall–Kier alpha value is -2.12. The standard InChI is InChI=1S/C12H17N5O2/c1-17(2)16-11(18)6-8(13)7-3-4-9-10(5-7)15-12(19)14-9/h3-5,8H,6,13H2,1-2H3,(H,16,18)(H2,14,15,19). The number of hydrogen-bond acceptors (Lipinski definition) is 4. The van der Waals surface area contributed by atoms with E-state index in [0.29, 0.717) is 5.52 Å². The fraction of sp³-hybridized carbons (Fsp3) is 0.333. The second-order valence-electron chi connectivity index (χ2n) is 4.62. The summed E-state index contributed by atoms with van der Waals surface area (Å²) in [6.45, 7) is 0. The van der Waals surface area contributed by atoms with Crippen LogP contribution in [0.15, 0.2) is 23.0 Å². The molecule has 0 aliphatic rings. The predicted octanol–water partition coefficient (Wildman–Crippen LogP) is -0.161. The lowest BCUT2D eigenvalue weighted by molar-refractivity contribution is -0.125. The molecule has 1 unspecified atom stereocenters. The van der Waals surface area contributed by atoms with Gasteiger partial charge in [-0.25, -0.2) is 9.80 Å². The summed E-state index contributed by atoms with van der Waals surface area (Å²) >= 11 is 0. The summed E-state index contributed by atoms with van der Waals surface area (Å²) in [4.78, 5) is 28.1. The molecule has 0 aliphatic carbocycles. The summed E-state index contributed by atoms with van der Waals surface area (Å²) in [5.41, 5.74) is 10.6. The highest BCUT2D eigenvalue weighted by molar-refractivity contribution is 5.78. The van der Waals surface area contributed by atoms with E-state index in [1.54, 1.807) is 37.3 Å². The number of benzene rings is 1. The second-order valence-corrected chi connectivity index (χ2v) is 4.62. The van der Waals surface area contributed by atoms with Crippen molar-refractivity contribution in [2.75, 3.05) is 14.1 Å². The Kier molecular flexibility index (Phi) is 3.68. The van der Waals surface area contributed by atoms with E-state index in [4.69, 9.17) is 5.73 Å². The summed E-state index contributed by atoms with van der Waals surface area (Å²) in [6, 6.07) is 4.94. The van der Waals surface area contributed by atoms with E-state index in [-0.39, 0.29) is 18.0 Å². The molecule has 0 saturated carbocycles. The number of aromatic nitrogens is 2. The third kappa shape index (κ3) is 3.21. The van der Waals surface area contributed by atoms with Crippen LogP contribution in [0.5, 0.6) is 0 Å². The van der Waals surface area contributed by atoms with E-state index in [0.717, 1.165) is 11.1 Å². The van der Waals surface area contributed by atoms with Gasteiger partial charge in [-0.05, 0) is 17.7 Å². The van der Waals surface area contributed by atoms with Gasteiger partial charge in [-0.3, -0.25) is 10.2 Å². The number of fused-ring (bicyclic) bond motifs is 1. The first-order valence-electron chi connectivity index (χ1n) is 5.90. The highest BCUT2D eigenvalue weighted by Crippen LogP contribution is 2.17. The molecule has 5 N–H and O–H groups in total. The molecule has 0 aliphatic heterocycles. The number of carbonyl (C=O) groups is 1. The molecule has 2 aromatic rings. The lowest BCUT2D eigenvalue weighted by Gasteiger charge is -2.15. The number of amides is 1. The van der Waals surface area contributed by atoms with Crippen molar-refractivity contribution in [1.82, 2.24) is 20.4 Å². The van der Waals surface area contributed by atoms with Gasteiger partial charge in [0, 0.05) is 26.6 Å². The zero-order valence-corrected chi connectivity index (χ0v) is 10.9. The number of nitrogens with one attached hydrogen (secondary N) is 3. The van der Waals surface area contributed by atoms with Crippen molar-refractivity contribution >= 4 is 16.9 Å². The predicted molar refractivity (Wildman–Crippen MR) is 72.3 cm³/mol. The van der Waals surface area contributed by atoms with Gasteiger partial charge in [-0.15, -0.1) is 0 Å². The zero-order valence-electron chi connectivity index (χ0n) is 10.9. The number of hydrazine groups is 1. The fourth-order valence-corrected chi connectivity index (χ4v) is 1.89. The molecule has 7 heteroatoms. The van der Waals surface area contributed by atoms with E-state index >= 15 is 0 Å². The monoisotopic (exact) mass is 263 g/mol. The summed E-state index contributed by atoms with van der Waals surface area (Å²) in [5, 5.41) is 1.57. The van der Waals surface area contributed by atoms with Gasteiger partial charge < -0.3 is 15.7 Å². The van der Waals surface area contributed by atoms with Crippen molar-refractivity contribution in [1.29, 1.82) is 0 Å². The first-order valence-corrected chi connectivity index (χ1v) is 5.90. The minimum Gasteiger partial charge on any atom is -0.324 e. The maximum absolute atomic E-state index is 11.6. The Balaban J connectivity index is 2.14. The van der Waals surface area contributed by atoms with Gasteiger partial charge in [-0.2, -0.15) is 0 Å². The highest BCUT2D eigenvalue weighted by Gasteiger charge is 2.13. The maximum Gasteiger partial charge on any atom is 0.323 e. The van der Waals surface area contributed by atoms with Crippen LogP contribution in [0.2, 0.25) is 0 Å². The van der Waals surface area contributed by atoms with Gasteiger partial charge in [0.2, 0.25) is 5.91 Å². The van der Waals surface area contributed by atoms with Crippen molar-refractivity contribution < 1.29 is 4.79 Å². The summed E-state index contributed by atoms with van der Waals surface area (Å²) in [7, 11) is 3.47. The molecule has 0 spiro atoms. The Labute approximate surface area is 109 Å². The molecule has 7 nitrogen and oxygen atoms in total. The van der Waals surface area contributed by atoms with Crippen LogP contribution in [0.3, 0.4) is 0 Å². The summed E-state index contributed by atoms with van der Waals surface area (Å²) < 4.78 is 0. The molecule has 0 saturated heterocycles. The topological polar surface area (TPSA) is 107 Å².